The lowest BCUT2D eigenvalue weighted by molar-refractivity contribution is -0.153. The number of ketones is 3. The maximum Gasteiger partial charge on any atom is 0.159 e. The van der Waals surface area contributed by atoms with Gasteiger partial charge in [-0.2, -0.15) is 0 Å². The number of fused-ring (bicyclic) bond motifs is 5. The van der Waals surface area contributed by atoms with E-state index in [9.17, 15) is 19.5 Å². The molecule has 0 spiro atoms. The third kappa shape index (κ3) is 2.19. The molecular weight excluding hydrogens is 316 g/mol. The summed E-state index contributed by atoms with van der Waals surface area (Å²) < 4.78 is 0. The molecule has 0 aromatic carbocycles. The third-order valence-electron chi connectivity index (χ3n) is 8.11. The van der Waals surface area contributed by atoms with Crippen LogP contribution in [0.2, 0.25) is 0 Å². The Bertz CT molecular complexity index is 692. The summed E-state index contributed by atoms with van der Waals surface area (Å²) in [5.74, 6) is -0.145. The largest absolute Gasteiger partial charge is 0.393 e. The number of hydrogen-bond acceptors (Lipinski definition) is 4. The Labute approximate surface area is 149 Å². The molecule has 0 aromatic heterocycles. The summed E-state index contributed by atoms with van der Waals surface area (Å²) in [5.41, 5.74) is 0.302. The van der Waals surface area contributed by atoms with E-state index in [1.54, 1.807) is 13.0 Å². The van der Waals surface area contributed by atoms with Crippen LogP contribution < -0.4 is 0 Å². The van der Waals surface area contributed by atoms with Gasteiger partial charge in [0.05, 0.1) is 6.10 Å². The van der Waals surface area contributed by atoms with Crippen LogP contribution in [0.3, 0.4) is 0 Å². The molecule has 3 fully saturated rings. The summed E-state index contributed by atoms with van der Waals surface area (Å²) in [5, 5.41) is 10.0. The van der Waals surface area contributed by atoms with Crippen LogP contribution in [-0.4, -0.2) is 28.6 Å². The summed E-state index contributed by atoms with van der Waals surface area (Å²) in [6, 6.07) is 0. The number of carbonyl (C=O) groups is 3. The maximum atomic E-state index is 13.3. The van der Waals surface area contributed by atoms with Crippen LogP contribution in [0.5, 0.6) is 0 Å². The highest BCUT2D eigenvalue weighted by Crippen LogP contribution is 2.64. The molecule has 1 N–H and O–H groups in total. The average molecular weight is 344 g/mol. The molecule has 4 nitrogen and oxygen atoms in total. The van der Waals surface area contributed by atoms with Crippen molar-refractivity contribution in [3.63, 3.8) is 0 Å². The van der Waals surface area contributed by atoms with Crippen molar-refractivity contribution in [1.82, 2.24) is 0 Å². The van der Waals surface area contributed by atoms with Crippen LogP contribution in [0.4, 0.5) is 0 Å². The molecule has 4 rings (SSSR count). The van der Waals surface area contributed by atoms with Gasteiger partial charge in [0.15, 0.2) is 5.78 Å². The van der Waals surface area contributed by atoms with E-state index >= 15 is 0 Å². The van der Waals surface area contributed by atoms with Crippen molar-refractivity contribution in [2.75, 3.05) is 0 Å². The number of allylic oxidation sites excluding steroid dienone is 1. The van der Waals surface area contributed by atoms with Gasteiger partial charge < -0.3 is 5.11 Å². The number of carbonyl (C=O) groups excluding carboxylic acids is 3. The molecule has 4 aliphatic rings. The first-order valence-electron chi connectivity index (χ1n) is 9.64. The zero-order valence-corrected chi connectivity index (χ0v) is 15.4. The Hall–Kier alpha value is -1.29. The topological polar surface area (TPSA) is 71.4 Å². The highest BCUT2D eigenvalue weighted by atomic mass is 16.3. The van der Waals surface area contributed by atoms with Crippen molar-refractivity contribution in [3.8, 4) is 0 Å². The number of aliphatic hydroxyl groups excluding tert-OH is 1. The highest BCUT2D eigenvalue weighted by molar-refractivity contribution is 6.01. The van der Waals surface area contributed by atoms with Crippen molar-refractivity contribution < 1.29 is 19.5 Å². The van der Waals surface area contributed by atoms with Gasteiger partial charge in [-0.1, -0.05) is 19.4 Å². The van der Waals surface area contributed by atoms with Gasteiger partial charge >= 0.3 is 0 Å². The summed E-state index contributed by atoms with van der Waals surface area (Å²) in [7, 11) is 0. The zero-order valence-electron chi connectivity index (χ0n) is 15.4. The minimum Gasteiger partial charge on any atom is -0.393 e. The van der Waals surface area contributed by atoms with Gasteiger partial charge in [-0.15, -0.1) is 0 Å². The van der Waals surface area contributed by atoms with Gasteiger partial charge in [0.1, 0.15) is 11.6 Å². The first kappa shape index (κ1) is 17.1. The van der Waals surface area contributed by atoms with Gasteiger partial charge in [0, 0.05) is 24.2 Å². The van der Waals surface area contributed by atoms with Crippen LogP contribution in [0.1, 0.15) is 59.3 Å². The summed E-state index contributed by atoms with van der Waals surface area (Å²) >= 11 is 0. The van der Waals surface area contributed by atoms with Crippen LogP contribution >= 0.6 is 0 Å². The second-order valence-corrected chi connectivity index (χ2v) is 9.39. The van der Waals surface area contributed by atoms with Crippen LogP contribution in [0.15, 0.2) is 11.6 Å². The molecule has 0 radical (unpaired) electrons. The van der Waals surface area contributed by atoms with Crippen molar-refractivity contribution in [3.05, 3.63) is 11.6 Å². The van der Waals surface area contributed by atoms with E-state index in [1.807, 2.05) is 0 Å². The molecule has 0 saturated heterocycles. The molecule has 0 amide bonds. The van der Waals surface area contributed by atoms with Gasteiger partial charge in [-0.05, 0) is 61.9 Å². The van der Waals surface area contributed by atoms with E-state index in [4.69, 9.17) is 0 Å². The Morgan fingerprint density at radius 1 is 1.20 bits per heavy atom. The van der Waals surface area contributed by atoms with E-state index in [2.05, 4.69) is 13.8 Å². The molecule has 4 heteroatoms. The second kappa shape index (κ2) is 5.35. The van der Waals surface area contributed by atoms with Gasteiger partial charge in [-0.3, -0.25) is 14.4 Å². The fourth-order valence-corrected chi connectivity index (χ4v) is 6.87. The van der Waals surface area contributed by atoms with Crippen molar-refractivity contribution in [1.29, 1.82) is 0 Å². The molecule has 7 atom stereocenters. The summed E-state index contributed by atoms with van der Waals surface area (Å²) in [6.07, 6.45) is 5.38. The lowest BCUT2D eigenvalue weighted by atomic mass is 9.46. The molecule has 0 unspecified atom stereocenters. The highest BCUT2D eigenvalue weighted by Gasteiger charge is 2.64. The third-order valence-corrected chi connectivity index (χ3v) is 8.11. The lowest BCUT2D eigenvalue weighted by Gasteiger charge is -2.55. The summed E-state index contributed by atoms with van der Waals surface area (Å²) in [4.78, 5) is 38.5. The molecular formula is C21H28O4. The molecule has 4 aliphatic carbocycles. The van der Waals surface area contributed by atoms with Crippen LogP contribution in [0, 0.1) is 34.5 Å². The molecule has 25 heavy (non-hydrogen) atoms. The van der Waals surface area contributed by atoms with E-state index in [-0.39, 0.29) is 51.9 Å². The molecule has 0 bridgehead atoms. The Morgan fingerprint density at radius 2 is 1.92 bits per heavy atom. The van der Waals surface area contributed by atoms with Crippen molar-refractivity contribution >= 4 is 17.3 Å². The van der Waals surface area contributed by atoms with Gasteiger partial charge in [-0.25, -0.2) is 0 Å². The Balaban J connectivity index is 1.79. The predicted molar refractivity (Wildman–Crippen MR) is 92.7 cm³/mol. The number of aliphatic hydroxyl groups is 1. The monoisotopic (exact) mass is 344 g/mol. The Kier molecular flexibility index (Phi) is 3.67. The van der Waals surface area contributed by atoms with E-state index in [0.717, 1.165) is 24.8 Å². The average Bonchev–Trinajstić information content (AvgIpc) is 2.85. The lowest BCUT2D eigenvalue weighted by Crippen LogP contribution is -2.57. The number of rotatable bonds is 1. The SMILES string of the molecule is CC(=O)[C@H]1CC[C@H]2[C@@H]3C(=O)C=C4C[C@@H](O)CC[C@]4(C)[C@H]3C(=O)C[C@]12C. The molecule has 136 valence electrons. The molecule has 0 heterocycles. The minimum atomic E-state index is -0.402. The second-order valence-electron chi connectivity index (χ2n) is 9.39. The molecule has 0 aromatic rings. The predicted octanol–water partition coefficient (Wildman–Crippen LogP) is 2.87. The normalized spacial score (nSPS) is 49.1. The summed E-state index contributed by atoms with van der Waals surface area (Å²) in [6.45, 7) is 5.80. The van der Waals surface area contributed by atoms with Crippen molar-refractivity contribution in [2.24, 2.45) is 34.5 Å². The smallest absolute Gasteiger partial charge is 0.159 e. The fourth-order valence-electron chi connectivity index (χ4n) is 6.87. The number of hydrogen-bond donors (Lipinski definition) is 1. The minimum absolute atomic E-state index is 0.0556. The first-order valence-corrected chi connectivity index (χ1v) is 9.64. The van der Waals surface area contributed by atoms with Gasteiger partial charge in [0.25, 0.3) is 0 Å². The van der Waals surface area contributed by atoms with E-state index in [1.165, 1.54) is 0 Å². The fraction of sp³-hybridized carbons (Fsp3) is 0.762. The molecule has 3 saturated carbocycles. The molecule has 0 aliphatic heterocycles. The quantitative estimate of drug-likeness (QED) is 0.794. The van der Waals surface area contributed by atoms with Crippen LogP contribution in [0.25, 0.3) is 0 Å². The number of Topliss-reactive ketones (excluding diaryl/α,β-unsaturated/α-hetero) is 2. The maximum absolute atomic E-state index is 13.3. The van der Waals surface area contributed by atoms with E-state index < -0.39 is 6.10 Å². The van der Waals surface area contributed by atoms with Crippen molar-refractivity contribution in [2.45, 2.75) is 65.4 Å². The first-order chi connectivity index (χ1) is 11.7. The zero-order chi connectivity index (χ0) is 18.1. The standard InChI is InChI=1S/C21H28O4/c1-11(22)14-4-5-15-18-16(24)9-12-8-13(23)6-7-20(12,2)19(18)17(25)10-21(14,15)3/h9,13-15,18-19,23H,4-8,10H2,1-3H3/t13-,14+,15-,18+,19-,20-,21+/m0/s1. The Morgan fingerprint density at radius 3 is 2.60 bits per heavy atom. The van der Waals surface area contributed by atoms with Crippen LogP contribution in [-0.2, 0) is 14.4 Å². The van der Waals surface area contributed by atoms with E-state index in [0.29, 0.717) is 19.3 Å². The van der Waals surface area contributed by atoms with Gasteiger partial charge in [0.2, 0.25) is 0 Å².